The average molecular weight is 400 g/mol. The smallest absolute Gasteiger partial charge is 0.328 e. The highest BCUT2D eigenvalue weighted by atomic mass is 35.5. The van der Waals surface area contributed by atoms with Crippen LogP contribution in [0.2, 0.25) is 5.02 Å². The van der Waals surface area contributed by atoms with Crippen LogP contribution in [-0.2, 0) is 11.4 Å². The predicted molar refractivity (Wildman–Crippen MR) is 103 cm³/mol. The number of nitrogens with zero attached hydrogens (tertiary/aromatic N) is 1. The van der Waals surface area contributed by atoms with Crippen molar-refractivity contribution in [2.45, 2.75) is 6.61 Å². The summed E-state index contributed by atoms with van der Waals surface area (Å²) < 4.78 is 25.2. The van der Waals surface area contributed by atoms with Gasteiger partial charge in [0, 0.05) is 22.7 Å². The zero-order valence-corrected chi connectivity index (χ0v) is 15.3. The van der Waals surface area contributed by atoms with E-state index >= 15 is 0 Å². The fourth-order valence-corrected chi connectivity index (χ4v) is 2.46. The van der Waals surface area contributed by atoms with Crippen LogP contribution in [0, 0.1) is 5.82 Å². The number of carboxylic acids is 1. The van der Waals surface area contributed by atoms with E-state index in [0.717, 1.165) is 11.6 Å². The SMILES string of the molecule is O=C(O)C=Cc1ccc(Oc2ccc(OCc3ccccc3Cl)cn2)c(F)c1. The van der Waals surface area contributed by atoms with Crippen LogP contribution in [0.5, 0.6) is 17.4 Å². The fraction of sp³-hybridized carbons (Fsp3) is 0.0476. The number of carboxylic acid groups (broad SMARTS) is 1. The normalized spacial score (nSPS) is 10.8. The minimum absolute atomic E-state index is 0.0234. The molecule has 0 saturated carbocycles. The second-order valence-electron chi connectivity index (χ2n) is 5.68. The van der Waals surface area contributed by atoms with Crippen molar-refractivity contribution >= 4 is 23.6 Å². The van der Waals surface area contributed by atoms with E-state index in [2.05, 4.69) is 4.98 Å². The Balaban J connectivity index is 1.62. The van der Waals surface area contributed by atoms with Crippen LogP contribution in [0.15, 0.2) is 66.9 Å². The Morgan fingerprint density at radius 1 is 1.18 bits per heavy atom. The van der Waals surface area contributed by atoms with Gasteiger partial charge in [-0.2, -0.15) is 0 Å². The summed E-state index contributed by atoms with van der Waals surface area (Å²) >= 11 is 6.08. The topological polar surface area (TPSA) is 68.7 Å². The predicted octanol–water partition coefficient (Wildman–Crippen LogP) is 5.34. The van der Waals surface area contributed by atoms with E-state index in [9.17, 15) is 9.18 Å². The van der Waals surface area contributed by atoms with Crippen LogP contribution in [-0.4, -0.2) is 16.1 Å². The van der Waals surface area contributed by atoms with Gasteiger partial charge in [0.1, 0.15) is 12.4 Å². The maximum atomic E-state index is 14.1. The molecule has 0 aliphatic rings. The maximum absolute atomic E-state index is 14.1. The van der Waals surface area contributed by atoms with E-state index in [1.54, 1.807) is 24.3 Å². The molecular weight excluding hydrogens is 385 g/mol. The lowest BCUT2D eigenvalue weighted by Gasteiger charge is -2.09. The Kier molecular flexibility index (Phi) is 6.24. The summed E-state index contributed by atoms with van der Waals surface area (Å²) in [6.45, 7) is 0.293. The third kappa shape index (κ3) is 5.31. The fourth-order valence-electron chi connectivity index (χ4n) is 2.27. The van der Waals surface area contributed by atoms with Gasteiger partial charge in [0.05, 0.1) is 6.20 Å². The number of benzene rings is 2. The van der Waals surface area contributed by atoms with Gasteiger partial charge in [-0.05, 0) is 35.9 Å². The van der Waals surface area contributed by atoms with Crippen molar-refractivity contribution < 1.29 is 23.8 Å². The number of rotatable bonds is 7. The summed E-state index contributed by atoms with van der Waals surface area (Å²) in [4.78, 5) is 14.6. The Labute approximate surface area is 165 Å². The summed E-state index contributed by atoms with van der Waals surface area (Å²) in [6, 6.07) is 14.7. The van der Waals surface area contributed by atoms with Gasteiger partial charge >= 0.3 is 5.97 Å². The lowest BCUT2D eigenvalue weighted by atomic mass is 10.2. The molecule has 0 aliphatic carbocycles. The van der Waals surface area contributed by atoms with Crippen LogP contribution in [0.3, 0.4) is 0 Å². The minimum Gasteiger partial charge on any atom is -0.487 e. The largest absolute Gasteiger partial charge is 0.487 e. The molecule has 142 valence electrons. The molecule has 3 rings (SSSR count). The third-order valence-electron chi connectivity index (χ3n) is 3.65. The Bertz CT molecular complexity index is 1010. The molecule has 1 aromatic heterocycles. The molecule has 0 fully saturated rings. The molecular formula is C21H15ClFNO4. The number of ether oxygens (including phenoxy) is 2. The van der Waals surface area contributed by atoms with Crippen molar-refractivity contribution in [3.05, 3.63) is 88.8 Å². The van der Waals surface area contributed by atoms with Crippen molar-refractivity contribution in [1.29, 1.82) is 0 Å². The van der Waals surface area contributed by atoms with Crippen LogP contribution < -0.4 is 9.47 Å². The van der Waals surface area contributed by atoms with Gasteiger partial charge in [0.2, 0.25) is 5.88 Å². The van der Waals surface area contributed by atoms with E-state index in [0.29, 0.717) is 22.9 Å². The highest BCUT2D eigenvalue weighted by molar-refractivity contribution is 6.31. The second kappa shape index (κ2) is 9.01. The van der Waals surface area contributed by atoms with Gasteiger partial charge in [-0.15, -0.1) is 0 Å². The number of aromatic nitrogens is 1. The lowest BCUT2D eigenvalue weighted by molar-refractivity contribution is -0.131. The number of hydrogen-bond donors (Lipinski definition) is 1. The molecule has 0 unspecified atom stereocenters. The van der Waals surface area contributed by atoms with Gasteiger partial charge in [-0.1, -0.05) is 35.9 Å². The number of aliphatic carboxylic acids is 1. The van der Waals surface area contributed by atoms with Crippen LogP contribution in [0.4, 0.5) is 4.39 Å². The van der Waals surface area contributed by atoms with Crippen molar-refractivity contribution in [3.63, 3.8) is 0 Å². The van der Waals surface area contributed by atoms with E-state index in [1.165, 1.54) is 24.4 Å². The van der Waals surface area contributed by atoms with E-state index in [-0.39, 0.29) is 11.6 Å². The Hall–Kier alpha value is -3.38. The summed E-state index contributed by atoms with van der Waals surface area (Å²) in [5.74, 6) is -1.06. The first-order chi connectivity index (χ1) is 13.5. The molecule has 0 aliphatic heterocycles. The molecule has 5 nitrogen and oxygen atoms in total. The first kappa shape index (κ1) is 19.4. The van der Waals surface area contributed by atoms with Crippen molar-refractivity contribution in [3.8, 4) is 17.4 Å². The molecule has 3 aromatic rings. The molecule has 0 spiro atoms. The summed E-state index contributed by atoms with van der Waals surface area (Å²) in [7, 11) is 0. The molecule has 0 atom stereocenters. The zero-order chi connectivity index (χ0) is 19.9. The summed E-state index contributed by atoms with van der Waals surface area (Å²) in [5.41, 5.74) is 1.26. The van der Waals surface area contributed by atoms with Gasteiger partial charge in [0.15, 0.2) is 11.6 Å². The van der Waals surface area contributed by atoms with Gasteiger partial charge < -0.3 is 14.6 Å². The minimum atomic E-state index is -1.11. The Morgan fingerprint density at radius 3 is 2.68 bits per heavy atom. The van der Waals surface area contributed by atoms with Crippen molar-refractivity contribution in [2.24, 2.45) is 0 Å². The maximum Gasteiger partial charge on any atom is 0.328 e. The first-order valence-corrected chi connectivity index (χ1v) is 8.60. The van der Waals surface area contributed by atoms with Gasteiger partial charge in [0.25, 0.3) is 0 Å². The molecule has 2 aromatic carbocycles. The second-order valence-corrected chi connectivity index (χ2v) is 6.08. The average Bonchev–Trinajstić information content (AvgIpc) is 2.68. The highest BCUT2D eigenvalue weighted by Gasteiger charge is 2.07. The van der Waals surface area contributed by atoms with Crippen LogP contribution in [0.1, 0.15) is 11.1 Å². The zero-order valence-electron chi connectivity index (χ0n) is 14.5. The van der Waals surface area contributed by atoms with E-state index < -0.39 is 11.8 Å². The number of hydrogen-bond acceptors (Lipinski definition) is 4. The number of pyridine rings is 1. The standard InChI is InChI=1S/C21H15ClFNO4/c22-17-4-2-1-3-15(17)13-27-16-7-9-20(24-12-16)28-19-8-5-14(11-18(19)23)6-10-21(25)26/h1-12H,13H2,(H,25,26). The van der Waals surface area contributed by atoms with Crippen molar-refractivity contribution in [1.82, 2.24) is 4.98 Å². The molecule has 1 N–H and O–H groups in total. The lowest BCUT2D eigenvalue weighted by Crippen LogP contribution is -1.97. The third-order valence-corrected chi connectivity index (χ3v) is 4.02. The number of halogens is 2. The molecule has 0 bridgehead atoms. The van der Waals surface area contributed by atoms with Crippen LogP contribution in [0.25, 0.3) is 6.08 Å². The molecule has 28 heavy (non-hydrogen) atoms. The first-order valence-electron chi connectivity index (χ1n) is 8.22. The molecule has 7 heteroatoms. The highest BCUT2D eigenvalue weighted by Crippen LogP contribution is 2.26. The van der Waals surface area contributed by atoms with Crippen LogP contribution >= 0.6 is 11.6 Å². The van der Waals surface area contributed by atoms with Gasteiger partial charge in [-0.3, -0.25) is 0 Å². The van der Waals surface area contributed by atoms with E-state index in [4.69, 9.17) is 26.2 Å². The summed E-state index contributed by atoms with van der Waals surface area (Å²) in [6.07, 6.45) is 3.69. The Morgan fingerprint density at radius 2 is 2.00 bits per heavy atom. The van der Waals surface area contributed by atoms with Gasteiger partial charge in [-0.25, -0.2) is 14.2 Å². The monoisotopic (exact) mass is 399 g/mol. The van der Waals surface area contributed by atoms with Crippen molar-refractivity contribution in [2.75, 3.05) is 0 Å². The molecule has 0 radical (unpaired) electrons. The quantitative estimate of drug-likeness (QED) is 0.543. The summed E-state index contributed by atoms with van der Waals surface area (Å²) in [5, 5.41) is 9.22. The molecule has 0 saturated heterocycles. The number of carbonyl (C=O) groups is 1. The van der Waals surface area contributed by atoms with E-state index in [1.807, 2.05) is 18.2 Å². The molecule has 1 heterocycles. The molecule has 0 amide bonds.